The quantitative estimate of drug-likeness (QED) is 0.798. The second kappa shape index (κ2) is 6.50. The molecule has 116 valence electrons. The first-order valence-corrected chi connectivity index (χ1v) is 7.14. The largest absolute Gasteiger partial charge is 0.495 e. The van der Waals surface area contributed by atoms with E-state index in [1.807, 2.05) is 0 Å². The van der Waals surface area contributed by atoms with Gasteiger partial charge in [0.1, 0.15) is 17.9 Å². The van der Waals surface area contributed by atoms with E-state index in [-0.39, 0.29) is 5.91 Å². The van der Waals surface area contributed by atoms with Crippen LogP contribution in [0, 0.1) is 0 Å². The molecule has 1 N–H and O–H groups in total. The fourth-order valence-electron chi connectivity index (χ4n) is 2.02. The number of carbonyl (C=O) groups excluding carboxylic acids is 1. The number of rotatable bonds is 4. The van der Waals surface area contributed by atoms with Gasteiger partial charge in [-0.25, -0.2) is 9.97 Å². The smallest absolute Gasteiger partial charge is 0.257 e. The first kappa shape index (κ1) is 15.1. The van der Waals surface area contributed by atoms with Crippen molar-refractivity contribution in [2.45, 2.75) is 0 Å². The molecule has 7 heteroatoms. The number of methoxy groups -OCH3 is 1. The minimum Gasteiger partial charge on any atom is -0.495 e. The van der Waals surface area contributed by atoms with Crippen LogP contribution in [0.3, 0.4) is 0 Å². The van der Waals surface area contributed by atoms with Crippen molar-refractivity contribution >= 4 is 23.2 Å². The van der Waals surface area contributed by atoms with Crippen LogP contribution in [-0.4, -0.2) is 27.6 Å². The Balaban J connectivity index is 1.74. The summed E-state index contributed by atoms with van der Waals surface area (Å²) >= 11 is 6.04. The van der Waals surface area contributed by atoms with Crippen LogP contribution in [0.2, 0.25) is 5.02 Å². The van der Waals surface area contributed by atoms with Crippen molar-refractivity contribution in [2.24, 2.45) is 0 Å². The molecule has 0 fully saturated rings. The summed E-state index contributed by atoms with van der Waals surface area (Å²) in [5.74, 6) is 0.971. The minimum atomic E-state index is -0.268. The zero-order valence-corrected chi connectivity index (χ0v) is 13.0. The molecule has 0 saturated carbocycles. The van der Waals surface area contributed by atoms with Crippen LogP contribution in [0.25, 0.3) is 5.82 Å². The highest BCUT2D eigenvalue weighted by molar-refractivity contribution is 6.32. The summed E-state index contributed by atoms with van der Waals surface area (Å²) in [5, 5.41) is 3.20. The monoisotopic (exact) mass is 328 g/mol. The van der Waals surface area contributed by atoms with E-state index in [2.05, 4.69) is 15.3 Å². The molecular formula is C16H13ClN4O2. The number of anilines is 1. The summed E-state index contributed by atoms with van der Waals surface area (Å²) in [6, 6.07) is 8.49. The molecule has 0 spiro atoms. The highest BCUT2D eigenvalue weighted by atomic mass is 35.5. The number of pyridine rings is 1. The van der Waals surface area contributed by atoms with Crippen molar-refractivity contribution in [2.75, 3.05) is 12.4 Å². The molecule has 0 aliphatic carbocycles. The van der Waals surface area contributed by atoms with Crippen molar-refractivity contribution in [3.8, 4) is 11.6 Å². The third kappa shape index (κ3) is 3.32. The molecule has 2 aromatic heterocycles. The number of aromatic nitrogens is 3. The van der Waals surface area contributed by atoms with E-state index in [4.69, 9.17) is 16.3 Å². The molecule has 0 bridgehead atoms. The molecule has 6 nitrogen and oxygen atoms in total. The van der Waals surface area contributed by atoms with Crippen molar-refractivity contribution in [3.05, 3.63) is 65.8 Å². The maximum atomic E-state index is 12.2. The summed E-state index contributed by atoms with van der Waals surface area (Å²) in [6.45, 7) is 0. The molecule has 1 amide bonds. The van der Waals surface area contributed by atoms with Gasteiger partial charge >= 0.3 is 0 Å². The average molecular weight is 329 g/mol. The molecule has 0 aliphatic heterocycles. The Morgan fingerprint density at radius 1 is 1.30 bits per heavy atom. The van der Waals surface area contributed by atoms with Gasteiger partial charge in [0.05, 0.1) is 17.7 Å². The molecule has 0 saturated heterocycles. The maximum absolute atomic E-state index is 12.2. The fourth-order valence-corrected chi connectivity index (χ4v) is 2.27. The Labute approximate surface area is 137 Å². The second-order valence-electron chi connectivity index (χ2n) is 4.68. The zero-order valence-electron chi connectivity index (χ0n) is 12.2. The molecule has 0 radical (unpaired) electrons. The molecule has 3 aromatic rings. The molecule has 2 heterocycles. The Bertz CT molecular complexity index is 817. The number of hydrogen-bond acceptors (Lipinski definition) is 4. The van der Waals surface area contributed by atoms with E-state index in [0.717, 1.165) is 0 Å². The number of nitrogens with zero attached hydrogens (tertiary/aromatic N) is 3. The van der Waals surface area contributed by atoms with Crippen molar-refractivity contribution < 1.29 is 9.53 Å². The standard InChI is InChI=1S/C16H13ClN4O2/c1-23-14-4-3-12(8-13(14)17)20-16(22)11-2-5-15(19-9-11)21-7-6-18-10-21/h2-10H,1H3,(H,20,22). The van der Waals surface area contributed by atoms with E-state index < -0.39 is 0 Å². The molecule has 0 unspecified atom stereocenters. The Morgan fingerprint density at radius 3 is 2.78 bits per heavy atom. The number of imidazole rings is 1. The van der Waals surface area contributed by atoms with Crippen molar-refractivity contribution in [3.63, 3.8) is 0 Å². The van der Waals surface area contributed by atoms with E-state index in [9.17, 15) is 4.79 Å². The van der Waals surface area contributed by atoms with Gasteiger partial charge in [-0.05, 0) is 30.3 Å². The van der Waals surface area contributed by atoms with Gasteiger partial charge < -0.3 is 10.1 Å². The number of amides is 1. The Morgan fingerprint density at radius 2 is 2.17 bits per heavy atom. The van der Waals surface area contributed by atoms with Crippen molar-refractivity contribution in [1.29, 1.82) is 0 Å². The highest BCUT2D eigenvalue weighted by Gasteiger charge is 2.09. The van der Waals surface area contributed by atoms with Gasteiger partial charge in [0.2, 0.25) is 0 Å². The summed E-state index contributed by atoms with van der Waals surface area (Å²) in [5.41, 5.74) is 1.03. The third-order valence-electron chi connectivity index (χ3n) is 3.19. The molecule has 0 atom stereocenters. The highest BCUT2D eigenvalue weighted by Crippen LogP contribution is 2.27. The van der Waals surface area contributed by atoms with Crippen molar-refractivity contribution in [1.82, 2.24) is 14.5 Å². The lowest BCUT2D eigenvalue weighted by atomic mass is 10.2. The predicted octanol–water partition coefficient (Wildman–Crippen LogP) is 3.18. The first-order valence-electron chi connectivity index (χ1n) is 6.76. The maximum Gasteiger partial charge on any atom is 0.257 e. The lowest BCUT2D eigenvalue weighted by Gasteiger charge is -2.08. The minimum absolute atomic E-state index is 0.268. The molecule has 23 heavy (non-hydrogen) atoms. The van der Waals surface area contributed by atoms with Gasteiger partial charge in [0.15, 0.2) is 0 Å². The number of hydrogen-bond donors (Lipinski definition) is 1. The van der Waals surface area contributed by atoms with Crippen LogP contribution in [0.4, 0.5) is 5.69 Å². The molecule has 3 rings (SSSR count). The summed E-state index contributed by atoms with van der Waals surface area (Å²) in [6.07, 6.45) is 6.59. The number of halogens is 1. The SMILES string of the molecule is COc1ccc(NC(=O)c2ccc(-n3ccnc3)nc2)cc1Cl. The third-order valence-corrected chi connectivity index (χ3v) is 3.48. The van der Waals surface area contributed by atoms with E-state index in [1.165, 1.54) is 13.3 Å². The lowest BCUT2D eigenvalue weighted by Crippen LogP contribution is -2.12. The number of ether oxygens (including phenoxy) is 1. The second-order valence-corrected chi connectivity index (χ2v) is 5.09. The van der Waals surface area contributed by atoms with Crippen LogP contribution in [-0.2, 0) is 0 Å². The Hall–Kier alpha value is -2.86. The van der Waals surface area contributed by atoms with Gasteiger partial charge in [-0.3, -0.25) is 9.36 Å². The molecular weight excluding hydrogens is 316 g/mol. The lowest BCUT2D eigenvalue weighted by molar-refractivity contribution is 0.102. The first-order chi connectivity index (χ1) is 11.2. The van der Waals surface area contributed by atoms with E-state index in [1.54, 1.807) is 53.6 Å². The Kier molecular flexibility index (Phi) is 4.25. The normalized spacial score (nSPS) is 10.3. The topological polar surface area (TPSA) is 69.0 Å². The number of carbonyl (C=O) groups is 1. The van der Waals surface area contributed by atoms with Crippen LogP contribution in [0.15, 0.2) is 55.2 Å². The van der Waals surface area contributed by atoms with Gasteiger partial charge in [-0.15, -0.1) is 0 Å². The summed E-state index contributed by atoms with van der Waals surface area (Å²) < 4.78 is 6.83. The van der Waals surface area contributed by atoms with Crippen LogP contribution in [0.1, 0.15) is 10.4 Å². The van der Waals surface area contributed by atoms with E-state index >= 15 is 0 Å². The van der Waals surface area contributed by atoms with Gasteiger partial charge in [-0.1, -0.05) is 11.6 Å². The zero-order chi connectivity index (χ0) is 16.2. The van der Waals surface area contributed by atoms with Crippen LogP contribution < -0.4 is 10.1 Å². The average Bonchev–Trinajstić information content (AvgIpc) is 3.09. The van der Waals surface area contributed by atoms with Gasteiger partial charge in [0.25, 0.3) is 5.91 Å². The molecule has 0 aliphatic rings. The van der Waals surface area contributed by atoms with Crippen LogP contribution in [0.5, 0.6) is 5.75 Å². The predicted molar refractivity (Wildman–Crippen MR) is 87.3 cm³/mol. The van der Waals surface area contributed by atoms with E-state index in [0.29, 0.717) is 27.8 Å². The van der Waals surface area contributed by atoms with Gasteiger partial charge in [-0.2, -0.15) is 0 Å². The van der Waals surface area contributed by atoms with Gasteiger partial charge in [0, 0.05) is 24.3 Å². The van der Waals surface area contributed by atoms with Crippen LogP contribution >= 0.6 is 11.6 Å². The molecule has 1 aromatic carbocycles. The number of benzene rings is 1. The summed E-state index contributed by atoms with van der Waals surface area (Å²) in [7, 11) is 1.53. The summed E-state index contributed by atoms with van der Waals surface area (Å²) in [4.78, 5) is 20.4. The number of nitrogens with one attached hydrogen (secondary N) is 1. The fraction of sp³-hybridized carbons (Fsp3) is 0.0625.